The number of carbonyl (C=O) groups excluding carboxylic acids is 1. The van der Waals surface area contributed by atoms with Gasteiger partial charge in [-0.25, -0.2) is 9.78 Å². The minimum absolute atomic E-state index is 0.0695. The topological polar surface area (TPSA) is 63.2 Å². The summed E-state index contributed by atoms with van der Waals surface area (Å²) in [6.07, 6.45) is -4.28. The Morgan fingerprint density at radius 3 is 2.67 bits per heavy atom. The van der Waals surface area contributed by atoms with E-state index in [1.54, 1.807) is 0 Å². The first-order valence-electron chi connectivity index (χ1n) is 5.74. The average molecular weight is 313 g/mol. The number of pyridine rings is 1. The third-order valence-electron chi connectivity index (χ3n) is 2.16. The summed E-state index contributed by atoms with van der Waals surface area (Å²) in [5.74, 6) is -0.318. The molecule has 0 spiro atoms. The van der Waals surface area contributed by atoms with Crippen LogP contribution in [0.2, 0.25) is 0 Å². The van der Waals surface area contributed by atoms with Crippen molar-refractivity contribution in [3.63, 3.8) is 0 Å². The van der Waals surface area contributed by atoms with Gasteiger partial charge in [0.2, 0.25) is 5.88 Å². The van der Waals surface area contributed by atoms with Crippen LogP contribution in [0.5, 0.6) is 5.88 Å². The van der Waals surface area contributed by atoms with Gasteiger partial charge in [0.1, 0.15) is 0 Å². The molecule has 0 radical (unpaired) electrons. The normalized spacial score (nSPS) is 11.3. The van der Waals surface area contributed by atoms with Gasteiger partial charge >= 0.3 is 18.8 Å². The lowest BCUT2D eigenvalue weighted by Crippen LogP contribution is -2.36. The molecule has 0 saturated carbocycles. The summed E-state index contributed by atoms with van der Waals surface area (Å²) >= 11 is 0. The number of hydrogen-bond donors (Lipinski definition) is 2. The van der Waals surface area contributed by atoms with E-state index in [9.17, 15) is 26.7 Å². The van der Waals surface area contributed by atoms with Crippen LogP contribution in [0.25, 0.3) is 0 Å². The zero-order chi connectivity index (χ0) is 15.9. The Morgan fingerprint density at radius 2 is 2.05 bits per heavy atom. The van der Waals surface area contributed by atoms with Crippen molar-refractivity contribution in [2.45, 2.75) is 25.8 Å². The van der Waals surface area contributed by atoms with Gasteiger partial charge in [-0.3, -0.25) is 0 Å². The second-order valence-corrected chi connectivity index (χ2v) is 3.86. The lowest BCUT2D eigenvalue weighted by atomic mass is 10.2. The molecule has 5 nitrogen and oxygen atoms in total. The summed E-state index contributed by atoms with van der Waals surface area (Å²) < 4.78 is 63.6. The van der Waals surface area contributed by atoms with Crippen molar-refractivity contribution >= 4 is 6.03 Å². The maximum Gasteiger partial charge on any atom is 0.390 e. The molecule has 0 aromatic carbocycles. The predicted octanol–water partition coefficient (Wildman–Crippen LogP) is 2.43. The van der Waals surface area contributed by atoms with Crippen LogP contribution in [0.4, 0.5) is 26.7 Å². The second kappa shape index (κ2) is 7.60. The van der Waals surface area contributed by atoms with Crippen LogP contribution in [-0.4, -0.2) is 30.3 Å². The number of alkyl halides is 5. The van der Waals surface area contributed by atoms with Crippen LogP contribution in [0, 0.1) is 0 Å². The molecule has 21 heavy (non-hydrogen) atoms. The Hall–Kier alpha value is -2.13. The number of halogens is 5. The number of carbonyl (C=O) groups is 1. The van der Waals surface area contributed by atoms with Crippen molar-refractivity contribution in [2.75, 3.05) is 6.54 Å². The number of amides is 2. The summed E-state index contributed by atoms with van der Waals surface area (Å²) in [5, 5.41) is 4.30. The molecular weight excluding hydrogens is 301 g/mol. The Kier molecular flexibility index (Phi) is 6.12. The van der Waals surface area contributed by atoms with E-state index in [1.807, 2.05) is 5.32 Å². The Bertz CT molecular complexity index is 467. The summed E-state index contributed by atoms with van der Waals surface area (Å²) in [6.45, 7) is -3.64. The summed E-state index contributed by atoms with van der Waals surface area (Å²) in [6, 6.07) is 1.82. The highest BCUT2D eigenvalue weighted by atomic mass is 19.4. The quantitative estimate of drug-likeness (QED) is 0.793. The van der Waals surface area contributed by atoms with Crippen molar-refractivity contribution in [3.05, 3.63) is 23.9 Å². The van der Waals surface area contributed by atoms with Gasteiger partial charge in [-0.1, -0.05) is 0 Å². The Labute approximate surface area is 116 Å². The van der Waals surface area contributed by atoms with E-state index >= 15 is 0 Å². The number of urea groups is 1. The van der Waals surface area contributed by atoms with Crippen molar-refractivity contribution in [1.82, 2.24) is 15.6 Å². The molecule has 1 rings (SSSR count). The molecule has 0 bridgehead atoms. The third-order valence-corrected chi connectivity index (χ3v) is 2.16. The molecule has 0 unspecified atom stereocenters. The highest BCUT2D eigenvalue weighted by Gasteiger charge is 2.26. The molecule has 10 heteroatoms. The smallest absolute Gasteiger partial charge is 0.390 e. The minimum atomic E-state index is -4.35. The van der Waals surface area contributed by atoms with Crippen LogP contribution in [0.1, 0.15) is 12.0 Å². The van der Waals surface area contributed by atoms with Crippen LogP contribution >= 0.6 is 0 Å². The summed E-state index contributed by atoms with van der Waals surface area (Å²) in [5.41, 5.74) is 0.409. The van der Waals surface area contributed by atoms with Gasteiger partial charge in [0.15, 0.2) is 0 Å². The molecule has 0 atom stereocenters. The SMILES string of the molecule is O=C(NCCC(F)(F)F)NCc1ccnc(OC(F)F)c1. The standard InChI is InChI=1S/C11H12F5N3O2/c12-9(13)21-8-5-7(1-3-17-8)6-19-10(20)18-4-2-11(14,15)16/h1,3,5,9H,2,4,6H2,(H2,18,19,20). The molecule has 0 aliphatic carbocycles. The van der Waals surface area contributed by atoms with Gasteiger partial charge < -0.3 is 15.4 Å². The monoisotopic (exact) mass is 313 g/mol. The first-order valence-corrected chi connectivity index (χ1v) is 5.74. The van der Waals surface area contributed by atoms with Gasteiger partial charge in [-0.05, 0) is 11.6 Å². The molecular formula is C11H12F5N3O2. The molecule has 2 N–H and O–H groups in total. The van der Waals surface area contributed by atoms with E-state index in [0.29, 0.717) is 5.56 Å². The fourth-order valence-corrected chi connectivity index (χ4v) is 1.28. The van der Waals surface area contributed by atoms with Gasteiger partial charge in [-0.15, -0.1) is 0 Å². The van der Waals surface area contributed by atoms with Crippen LogP contribution in [0.3, 0.4) is 0 Å². The van der Waals surface area contributed by atoms with Crippen LogP contribution in [-0.2, 0) is 6.54 Å². The molecule has 1 aromatic rings. The molecule has 118 valence electrons. The first kappa shape index (κ1) is 16.9. The van der Waals surface area contributed by atoms with E-state index in [0.717, 1.165) is 0 Å². The molecule has 0 aliphatic rings. The van der Waals surface area contributed by atoms with Crippen molar-refractivity contribution in [1.29, 1.82) is 0 Å². The van der Waals surface area contributed by atoms with Crippen LogP contribution < -0.4 is 15.4 Å². The zero-order valence-corrected chi connectivity index (χ0v) is 10.6. The molecule has 0 aliphatic heterocycles. The van der Waals surface area contributed by atoms with Gasteiger partial charge in [0, 0.05) is 25.4 Å². The highest BCUT2D eigenvalue weighted by Crippen LogP contribution is 2.18. The molecule has 2 amide bonds. The van der Waals surface area contributed by atoms with Gasteiger partial charge in [-0.2, -0.15) is 22.0 Å². The first-order chi connectivity index (χ1) is 9.76. The number of rotatable bonds is 6. The molecule has 0 fully saturated rings. The largest absolute Gasteiger partial charge is 0.417 e. The highest BCUT2D eigenvalue weighted by molar-refractivity contribution is 5.73. The predicted molar refractivity (Wildman–Crippen MR) is 61.8 cm³/mol. The van der Waals surface area contributed by atoms with Crippen molar-refractivity contribution in [2.24, 2.45) is 0 Å². The number of nitrogens with zero attached hydrogens (tertiary/aromatic N) is 1. The fourth-order valence-electron chi connectivity index (χ4n) is 1.28. The Balaban J connectivity index is 2.36. The van der Waals surface area contributed by atoms with E-state index in [1.165, 1.54) is 18.3 Å². The van der Waals surface area contributed by atoms with Crippen LogP contribution in [0.15, 0.2) is 18.3 Å². The maximum absolute atomic E-state index is 12.0. The number of hydrogen-bond acceptors (Lipinski definition) is 3. The van der Waals surface area contributed by atoms with E-state index in [4.69, 9.17) is 0 Å². The van der Waals surface area contributed by atoms with Gasteiger partial charge in [0.05, 0.1) is 6.42 Å². The van der Waals surface area contributed by atoms with Gasteiger partial charge in [0.25, 0.3) is 0 Å². The van der Waals surface area contributed by atoms with E-state index in [-0.39, 0.29) is 12.4 Å². The fraction of sp³-hybridized carbons (Fsp3) is 0.455. The number of ether oxygens (including phenoxy) is 1. The van der Waals surface area contributed by atoms with E-state index < -0.39 is 31.8 Å². The zero-order valence-electron chi connectivity index (χ0n) is 10.6. The van der Waals surface area contributed by atoms with Crippen molar-refractivity contribution in [3.8, 4) is 5.88 Å². The third kappa shape index (κ3) is 7.90. The summed E-state index contributed by atoms with van der Waals surface area (Å²) in [4.78, 5) is 14.7. The number of nitrogens with one attached hydrogen (secondary N) is 2. The maximum atomic E-state index is 12.0. The number of aromatic nitrogens is 1. The lowest BCUT2D eigenvalue weighted by Gasteiger charge is -2.10. The molecule has 1 aromatic heterocycles. The summed E-state index contributed by atoms with van der Waals surface area (Å²) in [7, 11) is 0. The molecule has 1 heterocycles. The van der Waals surface area contributed by atoms with E-state index in [2.05, 4.69) is 15.0 Å². The lowest BCUT2D eigenvalue weighted by molar-refractivity contribution is -0.132. The van der Waals surface area contributed by atoms with Crippen molar-refractivity contribution < 1.29 is 31.5 Å². The molecule has 0 saturated heterocycles. The average Bonchev–Trinajstić information content (AvgIpc) is 2.34. The minimum Gasteiger partial charge on any atom is -0.417 e. The Morgan fingerprint density at radius 1 is 1.33 bits per heavy atom. The second-order valence-electron chi connectivity index (χ2n) is 3.86.